The molecule has 2 heterocycles. The van der Waals surface area contributed by atoms with E-state index in [0.717, 1.165) is 30.2 Å². The number of aromatic nitrogens is 1. The van der Waals surface area contributed by atoms with Crippen LogP contribution in [-0.4, -0.2) is 43.8 Å². The lowest BCUT2D eigenvalue weighted by atomic mass is 10.1. The smallest absolute Gasteiger partial charge is 0.253 e. The average Bonchev–Trinajstić information content (AvgIpc) is 2.69. The van der Waals surface area contributed by atoms with Gasteiger partial charge < -0.3 is 19.7 Å². The van der Waals surface area contributed by atoms with Crippen molar-refractivity contribution in [3.05, 3.63) is 53.7 Å². The number of nitrogens with one attached hydrogen (secondary N) is 1. The lowest BCUT2D eigenvalue weighted by molar-refractivity contribution is 0.0939. The first-order valence-electron chi connectivity index (χ1n) is 8.99. The van der Waals surface area contributed by atoms with Crippen LogP contribution in [-0.2, 0) is 4.74 Å². The summed E-state index contributed by atoms with van der Waals surface area (Å²) in [4.78, 5) is 19.1. The summed E-state index contributed by atoms with van der Waals surface area (Å²) in [7, 11) is 0. The number of amides is 1. The van der Waals surface area contributed by atoms with Gasteiger partial charge in [0.05, 0.1) is 31.4 Å². The van der Waals surface area contributed by atoms with Gasteiger partial charge in [0.25, 0.3) is 5.91 Å². The van der Waals surface area contributed by atoms with E-state index < -0.39 is 0 Å². The molecule has 26 heavy (non-hydrogen) atoms. The fourth-order valence-corrected chi connectivity index (χ4v) is 2.88. The number of benzene rings is 1. The molecule has 0 bridgehead atoms. The molecule has 0 aliphatic carbocycles. The Morgan fingerprint density at radius 2 is 1.96 bits per heavy atom. The van der Waals surface area contributed by atoms with Crippen LogP contribution in [0.15, 0.2) is 42.6 Å². The topological polar surface area (TPSA) is 63.7 Å². The molecule has 0 saturated carbocycles. The zero-order valence-corrected chi connectivity index (χ0v) is 15.3. The predicted molar refractivity (Wildman–Crippen MR) is 101 cm³/mol. The number of rotatable bonds is 6. The van der Waals surface area contributed by atoms with Gasteiger partial charge in [-0.3, -0.25) is 4.79 Å². The third-order valence-electron chi connectivity index (χ3n) is 4.38. The molecule has 138 valence electrons. The normalized spacial score (nSPS) is 15.4. The summed E-state index contributed by atoms with van der Waals surface area (Å²) in [5.74, 6) is 1.58. The second-order valence-corrected chi connectivity index (χ2v) is 6.20. The number of hydrogen-bond donors (Lipinski definition) is 1. The van der Waals surface area contributed by atoms with E-state index in [1.807, 2.05) is 50.2 Å². The SMILES string of the molecule is CCOc1ccc([C@@H](C)NC(=O)c2ccc(N3CCOCC3)nc2)cc1. The van der Waals surface area contributed by atoms with Gasteiger partial charge in [0, 0.05) is 19.3 Å². The van der Waals surface area contributed by atoms with Crippen molar-refractivity contribution in [1.82, 2.24) is 10.3 Å². The molecule has 1 N–H and O–H groups in total. The van der Waals surface area contributed by atoms with Gasteiger partial charge >= 0.3 is 0 Å². The van der Waals surface area contributed by atoms with Gasteiger partial charge in [-0.1, -0.05) is 12.1 Å². The Labute approximate surface area is 154 Å². The summed E-state index contributed by atoms with van der Waals surface area (Å²) in [6.45, 7) is 7.63. The molecule has 0 radical (unpaired) electrons. The molecule has 2 aromatic rings. The Morgan fingerprint density at radius 1 is 1.23 bits per heavy atom. The van der Waals surface area contributed by atoms with E-state index in [4.69, 9.17) is 9.47 Å². The number of anilines is 1. The van der Waals surface area contributed by atoms with E-state index in [1.165, 1.54) is 0 Å². The summed E-state index contributed by atoms with van der Waals surface area (Å²) in [5.41, 5.74) is 1.58. The highest BCUT2D eigenvalue weighted by Crippen LogP contribution is 2.18. The van der Waals surface area contributed by atoms with E-state index in [2.05, 4.69) is 15.2 Å². The zero-order valence-electron chi connectivity index (χ0n) is 15.3. The molecule has 1 aliphatic heterocycles. The highest BCUT2D eigenvalue weighted by molar-refractivity contribution is 5.94. The van der Waals surface area contributed by atoms with Crippen molar-refractivity contribution >= 4 is 11.7 Å². The summed E-state index contributed by atoms with van der Waals surface area (Å²) in [6, 6.07) is 11.4. The van der Waals surface area contributed by atoms with Crippen molar-refractivity contribution in [2.75, 3.05) is 37.8 Å². The highest BCUT2D eigenvalue weighted by atomic mass is 16.5. The molecule has 6 heteroatoms. The van der Waals surface area contributed by atoms with Crippen LogP contribution >= 0.6 is 0 Å². The lowest BCUT2D eigenvalue weighted by Gasteiger charge is -2.27. The Balaban J connectivity index is 1.59. The van der Waals surface area contributed by atoms with Crippen LogP contribution in [0.3, 0.4) is 0 Å². The minimum atomic E-state index is -0.132. The zero-order chi connectivity index (χ0) is 18.4. The van der Waals surface area contributed by atoms with Crippen molar-refractivity contribution in [1.29, 1.82) is 0 Å². The van der Waals surface area contributed by atoms with E-state index in [1.54, 1.807) is 6.20 Å². The van der Waals surface area contributed by atoms with Crippen molar-refractivity contribution in [2.24, 2.45) is 0 Å². The van der Waals surface area contributed by atoms with E-state index >= 15 is 0 Å². The first-order valence-corrected chi connectivity index (χ1v) is 8.99. The monoisotopic (exact) mass is 355 g/mol. The second kappa shape index (κ2) is 8.67. The average molecular weight is 355 g/mol. The summed E-state index contributed by atoms with van der Waals surface area (Å²) < 4.78 is 10.8. The molecule has 0 spiro atoms. The Kier molecular flexibility index (Phi) is 6.07. The van der Waals surface area contributed by atoms with Crippen molar-refractivity contribution in [3.63, 3.8) is 0 Å². The number of morpholine rings is 1. The van der Waals surface area contributed by atoms with Gasteiger partial charge in [-0.15, -0.1) is 0 Å². The molecule has 1 aliphatic rings. The fourth-order valence-electron chi connectivity index (χ4n) is 2.88. The van der Waals surface area contributed by atoms with Crippen molar-refractivity contribution < 1.29 is 14.3 Å². The van der Waals surface area contributed by atoms with Crippen molar-refractivity contribution in [3.8, 4) is 5.75 Å². The molecule has 1 atom stereocenters. The summed E-state index contributed by atoms with van der Waals surface area (Å²) in [5, 5.41) is 3.01. The molecule has 6 nitrogen and oxygen atoms in total. The molecular formula is C20H25N3O3. The molecule has 3 rings (SSSR count). The number of ether oxygens (including phenoxy) is 2. The van der Waals surface area contributed by atoms with Crippen LogP contribution in [0, 0.1) is 0 Å². The number of nitrogens with zero attached hydrogens (tertiary/aromatic N) is 2. The fraction of sp³-hybridized carbons (Fsp3) is 0.400. The highest BCUT2D eigenvalue weighted by Gasteiger charge is 2.15. The van der Waals surface area contributed by atoms with Gasteiger partial charge in [-0.05, 0) is 43.7 Å². The molecule has 0 unspecified atom stereocenters. The Bertz CT molecular complexity index is 710. The van der Waals surface area contributed by atoms with Crippen LogP contribution in [0.4, 0.5) is 5.82 Å². The number of carbonyl (C=O) groups is 1. The minimum Gasteiger partial charge on any atom is -0.494 e. The number of pyridine rings is 1. The van der Waals surface area contributed by atoms with Crippen LogP contribution in [0.5, 0.6) is 5.75 Å². The predicted octanol–water partition coefficient (Wildman–Crippen LogP) is 2.81. The van der Waals surface area contributed by atoms with E-state index in [-0.39, 0.29) is 11.9 Å². The maximum atomic E-state index is 12.5. The van der Waals surface area contributed by atoms with Crippen molar-refractivity contribution in [2.45, 2.75) is 19.9 Å². The number of carbonyl (C=O) groups excluding carboxylic acids is 1. The molecule has 1 aromatic heterocycles. The van der Waals surface area contributed by atoms with E-state index in [9.17, 15) is 4.79 Å². The Morgan fingerprint density at radius 3 is 2.58 bits per heavy atom. The molecule has 1 saturated heterocycles. The Hall–Kier alpha value is -2.60. The third kappa shape index (κ3) is 4.52. The molecule has 1 fully saturated rings. The standard InChI is InChI=1S/C20H25N3O3/c1-3-26-18-7-4-16(5-8-18)15(2)22-20(24)17-6-9-19(21-14-17)23-10-12-25-13-11-23/h4-9,14-15H,3,10-13H2,1-2H3,(H,22,24)/t15-/m1/s1. The van der Waals surface area contributed by atoms with Gasteiger partial charge in [-0.25, -0.2) is 4.98 Å². The lowest BCUT2D eigenvalue weighted by Crippen LogP contribution is -2.36. The van der Waals surface area contributed by atoms with E-state index in [0.29, 0.717) is 25.4 Å². The molecule has 1 aromatic carbocycles. The third-order valence-corrected chi connectivity index (χ3v) is 4.38. The first kappa shape index (κ1) is 18.2. The summed E-state index contributed by atoms with van der Waals surface area (Å²) in [6.07, 6.45) is 1.63. The maximum absolute atomic E-state index is 12.5. The number of hydrogen-bond acceptors (Lipinski definition) is 5. The van der Waals surface area contributed by atoms with Crippen LogP contribution in [0.2, 0.25) is 0 Å². The molecule has 1 amide bonds. The minimum absolute atomic E-state index is 0.0999. The summed E-state index contributed by atoms with van der Waals surface area (Å²) >= 11 is 0. The van der Waals surface area contributed by atoms with Gasteiger partial charge in [0.1, 0.15) is 11.6 Å². The van der Waals surface area contributed by atoms with Crippen LogP contribution in [0.1, 0.15) is 35.8 Å². The van der Waals surface area contributed by atoms with Gasteiger partial charge in [0.2, 0.25) is 0 Å². The van der Waals surface area contributed by atoms with Crippen LogP contribution in [0.25, 0.3) is 0 Å². The maximum Gasteiger partial charge on any atom is 0.253 e. The second-order valence-electron chi connectivity index (χ2n) is 6.20. The van der Waals surface area contributed by atoms with Gasteiger partial charge in [0.15, 0.2) is 0 Å². The largest absolute Gasteiger partial charge is 0.494 e. The quantitative estimate of drug-likeness (QED) is 0.863. The first-order chi connectivity index (χ1) is 12.7. The van der Waals surface area contributed by atoms with Crippen LogP contribution < -0.4 is 15.0 Å². The molecular weight excluding hydrogens is 330 g/mol. The van der Waals surface area contributed by atoms with Gasteiger partial charge in [-0.2, -0.15) is 0 Å².